The molecular formula is C9H10BrClN2. The monoisotopic (exact) mass is 260 g/mol. The lowest BCUT2D eigenvalue weighted by atomic mass is 10.1. The third kappa shape index (κ3) is 2.03. The summed E-state index contributed by atoms with van der Waals surface area (Å²) < 4.78 is 0.875. The highest BCUT2D eigenvalue weighted by Gasteiger charge is 2.16. The summed E-state index contributed by atoms with van der Waals surface area (Å²) in [6.45, 7) is 1.10. The predicted octanol–water partition coefficient (Wildman–Crippen LogP) is 2.92. The molecule has 2 nitrogen and oxygen atoms in total. The topological polar surface area (TPSA) is 24.9 Å². The van der Waals surface area contributed by atoms with E-state index in [1.54, 1.807) is 0 Å². The average Bonchev–Trinajstić information content (AvgIpc) is 2.62. The highest BCUT2D eigenvalue weighted by atomic mass is 79.9. The summed E-state index contributed by atoms with van der Waals surface area (Å²) in [4.78, 5) is 4.10. The Kier molecular flexibility index (Phi) is 2.86. The van der Waals surface area contributed by atoms with Crippen molar-refractivity contribution in [2.45, 2.75) is 18.9 Å². The summed E-state index contributed by atoms with van der Waals surface area (Å²) in [5.41, 5.74) is 1.22. The number of hydrogen-bond acceptors (Lipinski definition) is 2. The zero-order valence-electron chi connectivity index (χ0n) is 7.06. The predicted molar refractivity (Wildman–Crippen MR) is 56.9 cm³/mol. The number of halogens is 2. The van der Waals surface area contributed by atoms with E-state index in [0.717, 1.165) is 11.0 Å². The second-order valence-electron chi connectivity index (χ2n) is 3.19. The van der Waals surface area contributed by atoms with Crippen LogP contribution in [0.2, 0.25) is 5.15 Å². The molecule has 1 aliphatic rings. The molecule has 0 radical (unpaired) electrons. The smallest absolute Gasteiger partial charge is 0.143 e. The van der Waals surface area contributed by atoms with E-state index >= 15 is 0 Å². The van der Waals surface area contributed by atoms with Crippen molar-refractivity contribution in [2.24, 2.45) is 0 Å². The summed E-state index contributed by atoms with van der Waals surface area (Å²) in [7, 11) is 0. The van der Waals surface area contributed by atoms with E-state index in [1.807, 2.05) is 12.3 Å². The fourth-order valence-electron chi connectivity index (χ4n) is 1.60. The van der Waals surface area contributed by atoms with Gasteiger partial charge in [-0.2, -0.15) is 0 Å². The number of rotatable bonds is 1. The molecule has 0 spiro atoms. The quantitative estimate of drug-likeness (QED) is 0.786. The fraction of sp³-hybridized carbons (Fsp3) is 0.444. The Hall–Kier alpha value is -0.120. The molecule has 13 heavy (non-hydrogen) atoms. The van der Waals surface area contributed by atoms with Crippen molar-refractivity contribution in [3.8, 4) is 0 Å². The maximum Gasteiger partial charge on any atom is 0.143 e. The van der Waals surface area contributed by atoms with Gasteiger partial charge in [-0.15, -0.1) is 0 Å². The summed E-state index contributed by atoms with van der Waals surface area (Å²) in [5, 5.41) is 3.95. The van der Waals surface area contributed by atoms with E-state index in [2.05, 4.69) is 26.2 Å². The largest absolute Gasteiger partial charge is 0.310 e. The van der Waals surface area contributed by atoms with Gasteiger partial charge < -0.3 is 5.32 Å². The van der Waals surface area contributed by atoms with Gasteiger partial charge in [0.05, 0.1) is 4.47 Å². The Morgan fingerprint density at radius 3 is 3.08 bits per heavy atom. The molecule has 2 rings (SSSR count). The summed E-state index contributed by atoms with van der Waals surface area (Å²) >= 11 is 9.18. The van der Waals surface area contributed by atoms with E-state index in [1.165, 1.54) is 18.4 Å². The first kappa shape index (κ1) is 9.44. The third-order valence-electron chi connectivity index (χ3n) is 2.28. The second-order valence-corrected chi connectivity index (χ2v) is 4.40. The van der Waals surface area contributed by atoms with Crippen LogP contribution in [0.1, 0.15) is 24.4 Å². The Labute approximate surface area is 90.8 Å². The second kappa shape index (κ2) is 3.95. The Morgan fingerprint density at radius 1 is 1.62 bits per heavy atom. The number of nitrogens with one attached hydrogen (secondary N) is 1. The first-order chi connectivity index (χ1) is 6.27. The lowest BCUT2D eigenvalue weighted by Gasteiger charge is -2.10. The SMILES string of the molecule is Clc1ncc([C@H]2CCCN2)cc1Br. The maximum absolute atomic E-state index is 5.81. The summed E-state index contributed by atoms with van der Waals surface area (Å²) in [6.07, 6.45) is 4.27. The number of nitrogens with zero attached hydrogens (tertiary/aromatic N) is 1. The van der Waals surface area contributed by atoms with Gasteiger partial charge in [0.15, 0.2) is 0 Å². The molecule has 0 amide bonds. The molecule has 0 saturated carbocycles. The third-order valence-corrected chi connectivity index (χ3v) is 3.41. The van der Waals surface area contributed by atoms with Gasteiger partial charge in [0, 0.05) is 12.2 Å². The van der Waals surface area contributed by atoms with Crippen LogP contribution in [-0.4, -0.2) is 11.5 Å². The van der Waals surface area contributed by atoms with Gasteiger partial charge in [0.2, 0.25) is 0 Å². The van der Waals surface area contributed by atoms with Crippen molar-refractivity contribution in [2.75, 3.05) is 6.54 Å². The van der Waals surface area contributed by atoms with Crippen molar-refractivity contribution in [3.63, 3.8) is 0 Å². The standard InChI is InChI=1S/C9H10BrClN2/c10-7-4-6(5-13-9(7)11)8-2-1-3-12-8/h4-5,8,12H,1-3H2/t8-/m1/s1. The van der Waals surface area contributed by atoms with Crippen molar-refractivity contribution in [3.05, 3.63) is 27.5 Å². The number of aromatic nitrogens is 1. The normalized spacial score (nSPS) is 22.2. The molecule has 0 unspecified atom stereocenters. The molecule has 2 heterocycles. The fourth-order valence-corrected chi connectivity index (χ4v) is 2.07. The highest BCUT2D eigenvalue weighted by Crippen LogP contribution is 2.27. The van der Waals surface area contributed by atoms with E-state index < -0.39 is 0 Å². The average molecular weight is 262 g/mol. The molecule has 1 atom stereocenters. The number of hydrogen-bond donors (Lipinski definition) is 1. The molecule has 1 saturated heterocycles. The molecule has 1 aromatic rings. The van der Waals surface area contributed by atoms with Gasteiger partial charge in [-0.05, 0) is 46.9 Å². The highest BCUT2D eigenvalue weighted by molar-refractivity contribution is 9.10. The Bertz CT molecular complexity index is 310. The van der Waals surface area contributed by atoms with Crippen LogP contribution in [0.25, 0.3) is 0 Å². The Morgan fingerprint density at radius 2 is 2.46 bits per heavy atom. The summed E-state index contributed by atoms with van der Waals surface area (Å²) in [6, 6.07) is 2.50. The molecule has 1 aromatic heterocycles. The molecule has 70 valence electrons. The molecule has 1 aliphatic heterocycles. The first-order valence-electron chi connectivity index (χ1n) is 4.31. The van der Waals surface area contributed by atoms with Crippen molar-refractivity contribution >= 4 is 27.5 Å². The van der Waals surface area contributed by atoms with Crippen LogP contribution in [-0.2, 0) is 0 Å². The zero-order chi connectivity index (χ0) is 9.26. The molecule has 1 fully saturated rings. The van der Waals surface area contributed by atoms with Crippen LogP contribution in [0.3, 0.4) is 0 Å². The molecule has 4 heteroatoms. The molecule has 0 aliphatic carbocycles. The van der Waals surface area contributed by atoms with Crippen molar-refractivity contribution in [1.82, 2.24) is 10.3 Å². The van der Waals surface area contributed by atoms with Gasteiger partial charge in [-0.1, -0.05) is 11.6 Å². The van der Waals surface area contributed by atoms with Gasteiger partial charge in [0.1, 0.15) is 5.15 Å². The van der Waals surface area contributed by atoms with Crippen molar-refractivity contribution < 1.29 is 0 Å². The van der Waals surface area contributed by atoms with E-state index in [-0.39, 0.29) is 0 Å². The Balaban J connectivity index is 2.25. The lowest BCUT2D eigenvalue weighted by Crippen LogP contribution is -2.12. The molecule has 1 N–H and O–H groups in total. The summed E-state index contributed by atoms with van der Waals surface area (Å²) in [5.74, 6) is 0. The minimum Gasteiger partial charge on any atom is -0.310 e. The molecular weight excluding hydrogens is 251 g/mol. The van der Waals surface area contributed by atoms with Crippen LogP contribution in [0, 0.1) is 0 Å². The zero-order valence-corrected chi connectivity index (χ0v) is 9.40. The van der Waals surface area contributed by atoms with Gasteiger partial charge in [-0.3, -0.25) is 0 Å². The van der Waals surface area contributed by atoms with Crippen molar-refractivity contribution in [1.29, 1.82) is 0 Å². The van der Waals surface area contributed by atoms with Crippen LogP contribution >= 0.6 is 27.5 Å². The number of pyridine rings is 1. The van der Waals surface area contributed by atoms with Crippen LogP contribution in [0.5, 0.6) is 0 Å². The maximum atomic E-state index is 5.81. The first-order valence-corrected chi connectivity index (χ1v) is 5.49. The molecule has 0 bridgehead atoms. The van der Waals surface area contributed by atoms with E-state index in [0.29, 0.717) is 11.2 Å². The minimum atomic E-state index is 0.459. The van der Waals surface area contributed by atoms with Crippen LogP contribution < -0.4 is 5.32 Å². The van der Waals surface area contributed by atoms with Crippen LogP contribution in [0.15, 0.2) is 16.7 Å². The lowest BCUT2D eigenvalue weighted by molar-refractivity contribution is 0.644. The molecule has 0 aromatic carbocycles. The van der Waals surface area contributed by atoms with E-state index in [9.17, 15) is 0 Å². The van der Waals surface area contributed by atoms with Gasteiger partial charge in [0.25, 0.3) is 0 Å². The van der Waals surface area contributed by atoms with Gasteiger partial charge >= 0.3 is 0 Å². The van der Waals surface area contributed by atoms with Crippen LogP contribution in [0.4, 0.5) is 0 Å². The van der Waals surface area contributed by atoms with Gasteiger partial charge in [-0.25, -0.2) is 4.98 Å². The minimum absolute atomic E-state index is 0.459. The van der Waals surface area contributed by atoms with E-state index in [4.69, 9.17) is 11.6 Å².